The van der Waals surface area contributed by atoms with Gasteiger partial charge in [0.1, 0.15) is 5.82 Å². The van der Waals surface area contributed by atoms with Crippen LogP contribution in [0.4, 0.5) is 5.82 Å². The molecule has 0 aliphatic carbocycles. The Kier molecular flexibility index (Phi) is 5.35. The molecule has 1 saturated heterocycles. The summed E-state index contributed by atoms with van der Waals surface area (Å²) in [4.78, 5) is 16.4. The molecule has 0 aromatic carbocycles. The number of aromatic nitrogens is 1. The van der Waals surface area contributed by atoms with E-state index in [1.54, 1.807) is 19.3 Å². The zero-order chi connectivity index (χ0) is 14.4. The van der Waals surface area contributed by atoms with Gasteiger partial charge in [0.2, 0.25) is 0 Å². The molecule has 1 amide bonds. The molecule has 1 aliphatic rings. The first-order valence-corrected chi connectivity index (χ1v) is 7.27. The van der Waals surface area contributed by atoms with Crippen molar-refractivity contribution in [1.82, 2.24) is 10.3 Å². The Morgan fingerprint density at radius 2 is 2.20 bits per heavy atom. The average Bonchev–Trinajstić information content (AvgIpc) is 2.53. The van der Waals surface area contributed by atoms with Crippen molar-refractivity contribution < 1.29 is 9.53 Å². The Labute approximate surface area is 120 Å². The molecule has 1 aliphatic heterocycles. The number of rotatable bonds is 5. The highest BCUT2D eigenvalue weighted by Gasteiger charge is 2.24. The summed E-state index contributed by atoms with van der Waals surface area (Å²) in [5, 5.41) is 6.08. The first-order valence-electron chi connectivity index (χ1n) is 7.27. The number of hydrogen-bond acceptors (Lipinski definition) is 4. The molecule has 5 heteroatoms. The largest absolute Gasteiger partial charge is 0.381 e. The molecule has 2 heterocycles. The highest BCUT2D eigenvalue weighted by molar-refractivity contribution is 5.94. The summed E-state index contributed by atoms with van der Waals surface area (Å²) in [5.74, 6) is 1.23. The van der Waals surface area contributed by atoms with Gasteiger partial charge in [0.25, 0.3) is 5.91 Å². The molecule has 0 spiro atoms. The quantitative estimate of drug-likeness (QED) is 0.864. The average molecular weight is 277 g/mol. The van der Waals surface area contributed by atoms with Crippen molar-refractivity contribution in [3.05, 3.63) is 23.9 Å². The maximum absolute atomic E-state index is 12.3. The first kappa shape index (κ1) is 14.8. The van der Waals surface area contributed by atoms with Gasteiger partial charge in [-0.1, -0.05) is 6.92 Å². The van der Waals surface area contributed by atoms with Crippen LogP contribution in [-0.4, -0.2) is 37.2 Å². The van der Waals surface area contributed by atoms with E-state index in [-0.39, 0.29) is 11.9 Å². The van der Waals surface area contributed by atoms with E-state index in [4.69, 9.17) is 4.74 Å². The second-order valence-electron chi connectivity index (χ2n) is 5.12. The molecule has 1 aromatic rings. The van der Waals surface area contributed by atoms with Gasteiger partial charge in [-0.05, 0) is 37.3 Å². The fraction of sp³-hybridized carbons (Fsp3) is 0.600. The van der Waals surface area contributed by atoms with E-state index in [0.717, 1.165) is 38.3 Å². The second kappa shape index (κ2) is 7.24. The topological polar surface area (TPSA) is 63.2 Å². The molecule has 1 atom stereocenters. The lowest BCUT2D eigenvalue weighted by Gasteiger charge is -2.30. The first-order chi connectivity index (χ1) is 9.74. The third-order valence-corrected chi connectivity index (χ3v) is 3.87. The van der Waals surface area contributed by atoms with Crippen molar-refractivity contribution in [3.63, 3.8) is 0 Å². The van der Waals surface area contributed by atoms with Gasteiger partial charge in [-0.15, -0.1) is 0 Å². The van der Waals surface area contributed by atoms with Crippen molar-refractivity contribution in [1.29, 1.82) is 0 Å². The zero-order valence-corrected chi connectivity index (χ0v) is 12.2. The Morgan fingerprint density at radius 3 is 2.75 bits per heavy atom. The van der Waals surface area contributed by atoms with Gasteiger partial charge in [0, 0.05) is 32.5 Å². The Hall–Kier alpha value is -1.62. The van der Waals surface area contributed by atoms with Crippen LogP contribution >= 0.6 is 0 Å². The lowest BCUT2D eigenvalue weighted by molar-refractivity contribution is 0.0510. The molecule has 1 fully saturated rings. The number of amides is 1. The number of nitrogens with zero attached hydrogens (tertiary/aromatic N) is 1. The summed E-state index contributed by atoms with van der Waals surface area (Å²) in [5.41, 5.74) is 0.606. The lowest BCUT2D eigenvalue weighted by Crippen LogP contribution is -2.42. The molecule has 20 heavy (non-hydrogen) atoms. The van der Waals surface area contributed by atoms with Crippen LogP contribution in [0.15, 0.2) is 18.3 Å². The van der Waals surface area contributed by atoms with Crippen molar-refractivity contribution >= 4 is 11.7 Å². The molecular formula is C15H23N3O2. The van der Waals surface area contributed by atoms with Crippen LogP contribution in [-0.2, 0) is 4.74 Å². The fourth-order valence-electron chi connectivity index (χ4n) is 2.60. The zero-order valence-electron chi connectivity index (χ0n) is 12.2. The summed E-state index contributed by atoms with van der Waals surface area (Å²) in [7, 11) is 1.81. The third-order valence-electron chi connectivity index (χ3n) is 3.87. The van der Waals surface area contributed by atoms with Crippen LogP contribution in [0.1, 0.15) is 36.5 Å². The van der Waals surface area contributed by atoms with Gasteiger partial charge in [-0.3, -0.25) is 4.79 Å². The summed E-state index contributed by atoms with van der Waals surface area (Å²) in [6.45, 7) is 3.72. The monoisotopic (exact) mass is 277 g/mol. The summed E-state index contributed by atoms with van der Waals surface area (Å²) in [6, 6.07) is 3.82. The molecule has 0 bridgehead atoms. The molecule has 1 unspecified atom stereocenters. The number of nitrogens with one attached hydrogen (secondary N) is 2. The second-order valence-corrected chi connectivity index (χ2v) is 5.12. The molecule has 0 radical (unpaired) electrons. The molecule has 0 saturated carbocycles. The normalized spacial score (nSPS) is 17.5. The third kappa shape index (κ3) is 3.70. The number of pyridine rings is 1. The molecule has 2 N–H and O–H groups in total. The van der Waals surface area contributed by atoms with Crippen molar-refractivity contribution in [2.45, 2.75) is 32.2 Å². The SMILES string of the molecule is CCC(NC(=O)c1ccc(NC)nc1)C1CCOCC1. The Bertz CT molecular complexity index is 427. The van der Waals surface area contributed by atoms with Gasteiger partial charge < -0.3 is 15.4 Å². The van der Waals surface area contributed by atoms with Crippen LogP contribution in [0.2, 0.25) is 0 Å². The van der Waals surface area contributed by atoms with E-state index in [0.29, 0.717) is 11.5 Å². The van der Waals surface area contributed by atoms with Crippen LogP contribution in [0, 0.1) is 5.92 Å². The van der Waals surface area contributed by atoms with E-state index in [2.05, 4.69) is 22.5 Å². The van der Waals surface area contributed by atoms with Crippen molar-refractivity contribution in [3.8, 4) is 0 Å². The fourth-order valence-corrected chi connectivity index (χ4v) is 2.60. The number of hydrogen-bond donors (Lipinski definition) is 2. The minimum atomic E-state index is -0.0431. The van der Waals surface area contributed by atoms with Crippen LogP contribution in [0.25, 0.3) is 0 Å². The molecule has 1 aromatic heterocycles. The minimum Gasteiger partial charge on any atom is -0.381 e. The van der Waals surface area contributed by atoms with Gasteiger partial charge in [-0.2, -0.15) is 0 Å². The predicted octanol–water partition coefficient (Wildman–Crippen LogP) is 2.06. The van der Waals surface area contributed by atoms with Gasteiger partial charge in [-0.25, -0.2) is 4.98 Å². The van der Waals surface area contributed by atoms with E-state index >= 15 is 0 Å². The smallest absolute Gasteiger partial charge is 0.253 e. The highest BCUT2D eigenvalue weighted by atomic mass is 16.5. The molecule has 2 rings (SSSR count). The lowest BCUT2D eigenvalue weighted by atomic mass is 9.90. The number of carbonyl (C=O) groups is 1. The molecule has 110 valence electrons. The van der Waals surface area contributed by atoms with Gasteiger partial charge in [0.15, 0.2) is 0 Å². The number of ether oxygens (including phenoxy) is 1. The molecular weight excluding hydrogens is 254 g/mol. The Morgan fingerprint density at radius 1 is 1.45 bits per heavy atom. The molecule has 5 nitrogen and oxygen atoms in total. The summed E-state index contributed by atoms with van der Waals surface area (Å²) in [6.07, 6.45) is 4.60. The van der Waals surface area contributed by atoms with Gasteiger partial charge >= 0.3 is 0 Å². The number of anilines is 1. The van der Waals surface area contributed by atoms with E-state index < -0.39 is 0 Å². The standard InChI is InChI=1S/C15H23N3O2/c1-3-13(11-6-8-20-9-7-11)18-15(19)12-4-5-14(16-2)17-10-12/h4-5,10-11,13H,3,6-9H2,1-2H3,(H,16,17)(H,18,19). The summed E-state index contributed by atoms with van der Waals surface area (Å²) < 4.78 is 5.38. The van der Waals surface area contributed by atoms with Crippen molar-refractivity contribution in [2.75, 3.05) is 25.6 Å². The van der Waals surface area contributed by atoms with Crippen LogP contribution < -0.4 is 10.6 Å². The Balaban J connectivity index is 1.96. The van der Waals surface area contributed by atoms with Gasteiger partial charge in [0.05, 0.1) is 5.56 Å². The maximum Gasteiger partial charge on any atom is 0.253 e. The van der Waals surface area contributed by atoms with E-state index in [1.807, 2.05) is 6.07 Å². The highest BCUT2D eigenvalue weighted by Crippen LogP contribution is 2.21. The maximum atomic E-state index is 12.3. The van der Waals surface area contributed by atoms with Crippen LogP contribution in [0.5, 0.6) is 0 Å². The van der Waals surface area contributed by atoms with Crippen molar-refractivity contribution in [2.24, 2.45) is 5.92 Å². The van der Waals surface area contributed by atoms with Crippen LogP contribution in [0.3, 0.4) is 0 Å². The minimum absolute atomic E-state index is 0.0431. The van der Waals surface area contributed by atoms with E-state index in [9.17, 15) is 4.79 Å². The van der Waals surface area contributed by atoms with E-state index in [1.165, 1.54) is 0 Å². The predicted molar refractivity (Wildman–Crippen MR) is 78.9 cm³/mol. The number of carbonyl (C=O) groups excluding carboxylic acids is 1. The summed E-state index contributed by atoms with van der Waals surface area (Å²) >= 11 is 0.